The van der Waals surface area contributed by atoms with Crippen LogP contribution in [0.15, 0.2) is 59.5 Å². The first-order valence-corrected chi connectivity index (χ1v) is 14.0. The number of carbonyl (C=O) groups excluding carboxylic acids is 1. The normalized spacial score (nSPS) is 17.0. The Balaban J connectivity index is 1.50. The molecule has 1 atom stereocenters. The lowest BCUT2D eigenvalue weighted by atomic mass is 9.99. The maximum absolute atomic E-state index is 12.6. The number of amides is 1. The van der Waals surface area contributed by atoms with Gasteiger partial charge in [0.1, 0.15) is 0 Å². The molecule has 1 amide bonds. The molecule has 0 saturated carbocycles. The summed E-state index contributed by atoms with van der Waals surface area (Å²) in [6, 6.07) is 15.3. The van der Waals surface area contributed by atoms with Gasteiger partial charge in [-0.15, -0.1) is 0 Å². The summed E-state index contributed by atoms with van der Waals surface area (Å²) in [5.74, 6) is -0.112. The van der Waals surface area contributed by atoms with Gasteiger partial charge in [0, 0.05) is 18.8 Å². The van der Waals surface area contributed by atoms with Crippen LogP contribution in [0.3, 0.4) is 0 Å². The second-order valence-electron chi connectivity index (χ2n) is 8.08. The number of hydrogen-bond donors (Lipinski definition) is 2. The Morgan fingerprint density at radius 2 is 1.85 bits per heavy atom. The molecule has 0 spiro atoms. The molecule has 1 saturated heterocycles. The Morgan fingerprint density at radius 3 is 2.58 bits per heavy atom. The van der Waals surface area contributed by atoms with Crippen LogP contribution in [0.5, 0.6) is 0 Å². The number of piperidine rings is 1. The highest BCUT2D eigenvalue weighted by molar-refractivity contribution is 7.92. The molecule has 180 valence electrons. The Bertz CT molecular complexity index is 1150. The molecule has 1 aliphatic heterocycles. The molecule has 3 rings (SSSR count). The van der Waals surface area contributed by atoms with Crippen LogP contribution in [-0.4, -0.2) is 60.1 Å². The van der Waals surface area contributed by atoms with Gasteiger partial charge in [0.05, 0.1) is 30.9 Å². The average molecular weight is 496 g/mol. The number of hydrogen-bond acceptors (Lipinski definition) is 6. The fraction of sp³-hybridized carbons (Fsp3) is 0.409. The van der Waals surface area contributed by atoms with Gasteiger partial charge in [-0.1, -0.05) is 36.4 Å². The van der Waals surface area contributed by atoms with Crippen molar-refractivity contribution in [3.8, 4) is 0 Å². The molecule has 9 nitrogen and oxygen atoms in total. The zero-order valence-electron chi connectivity index (χ0n) is 18.4. The first-order chi connectivity index (χ1) is 15.6. The quantitative estimate of drug-likeness (QED) is 0.518. The highest BCUT2D eigenvalue weighted by Crippen LogP contribution is 2.19. The lowest BCUT2D eigenvalue weighted by molar-refractivity contribution is -0.132. The van der Waals surface area contributed by atoms with E-state index in [1.54, 1.807) is 4.90 Å². The molecule has 0 radical (unpaired) electrons. The van der Waals surface area contributed by atoms with Gasteiger partial charge in [-0.3, -0.25) is 9.52 Å². The molecule has 2 aromatic rings. The summed E-state index contributed by atoms with van der Waals surface area (Å²) in [5, 5.41) is 0. The molecular formula is C22H29N3O6S2. The Morgan fingerprint density at radius 1 is 1.09 bits per heavy atom. The third kappa shape index (κ3) is 8.11. The average Bonchev–Trinajstić information content (AvgIpc) is 2.77. The van der Waals surface area contributed by atoms with Gasteiger partial charge in [-0.2, -0.15) is 0 Å². The van der Waals surface area contributed by atoms with Crippen LogP contribution < -0.4 is 9.44 Å². The van der Waals surface area contributed by atoms with E-state index in [9.17, 15) is 21.6 Å². The second kappa shape index (κ2) is 11.1. The first kappa shape index (κ1) is 25.2. The number of ether oxygens (including phenoxy) is 1. The van der Waals surface area contributed by atoms with Gasteiger partial charge in [0.2, 0.25) is 26.0 Å². The van der Waals surface area contributed by atoms with Gasteiger partial charge in [-0.25, -0.2) is 21.6 Å². The molecule has 2 N–H and O–H groups in total. The van der Waals surface area contributed by atoms with Crippen LogP contribution in [0.1, 0.15) is 18.4 Å². The first-order valence-electron chi connectivity index (χ1n) is 10.6. The third-order valence-electron chi connectivity index (χ3n) is 5.20. The van der Waals surface area contributed by atoms with E-state index in [1.807, 2.05) is 30.3 Å². The van der Waals surface area contributed by atoms with E-state index < -0.39 is 20.0 Å². The molecule has 0 aromatic heterocycles. The largest absolute Gasteiger partial charge is 0.376 e. The minimum absolute atomic E-state index is 0.126. The summed E-state index contributed by atoms with van der Waals surface area (Å²) in [6.45, 7) is 1.76. The van der Waals surface area contributed by atoms with Crippen LogP contribution in [0, 0.1) is 5.92 Å². The van der Waals surface area contributed by atoms with Crippen LogP contribution in [0.4, 0.5) is 5.69 Å². The summed E-state index contributed by atoms with van der Waals surface area (Å²) in [7, 11) is -7.53. The minimum atomic E-state index is -3.99. The summed E-state index contributed by atoms with van der Waals surface area (Å²) >= 11 is 0. The Kier molecular flexibility index (Phi) is 8.46. The van der Waals surface area contributed by atoms with Crippen molar-refractivity contribution in [3.63, 3.8) is 0 Å². The van der Waals surface area contributed by atoms with Gasteiger partial charge in [0.15, 0.2) is 0 Å². The van der Waals surface area contributed by atoms with E-state index in [4.69, 9.17) is 4.74 Å². The lowest BCUT2D eigenvalue weighted by Crippen LogP contribution is -2.45. The standard InChI is InChI=1S/C22H29N3O6S2/c1-32(27,28)24-20-10-5-11-21(13-20)33(29,30)23-14-22(26)25-12-6-9-19(15-25)17-31-16-18-7-3-2-4-8-18/h2-5,7-8,10-11,13,19,23-24H,6,9,12,14-17H2,1H3. The summed E-state index contributed by atoms with van der Waals surface area (Å²) in [5.41, 5.74) is 1.22. The number of carbonyl (C=O) groups is 1. The van der Waals surface area contributed by atoms with Gasteiger partial charge in [-0.05, 0) is 42.5 Å². The van der Waals surface area contributed by atoms with Crippen LogP contribution in [0.25, 0.3) is 0 Å². The number of benzene rings is 2. The molecular weight excluding hydrogens is 466 g/mol. The summed E-state index contributed by atoms with van der Waals surface area (Å²) in [4.78, 5) is 14.2. The lowest BCUT2D eigenvalue weighted by Gasteiger charge is -2.32. The van der Waals surface area contributed by atoms with Crippen molar-refractivity contribution in [2.75, 3.05) is 37.2 Å². The maximum Gasteiger partial charge on any atom is 0.241 e. The summed E-state index contributed by atoms with van der Waals surface area (Å²) < 4.78 is 58.3. The topological polar surface area (TPSA) is 122 Å². The number of likely N-dealkylation sites (tertiary alicyclic amines) is 1. The van der Waals surface area contributed by atoms with Crippen LogP contribution in [0.2, 0.25) is 0 Å². The fourth-order valence-electron chi connectivity index (χ4n) is 3.64. The number of sulfonamides is 2. The second-order valence-corrected chi connectivity index (χ2v) is 11.6. The Hall–Kier alpha value is -2.47. The molecule has 0 bridgehead atoms. The third-order valence-corrected chi connectivity index (χ3v) is 7.20. The molecule has 1 aliphatic rings. The fourth-order valence-corrected chi connectivity index (χ4v) is 5.21. The summed E-state index contributed by atoms with van der Waals surface area (Å²) in [6.07, 6.45) is 2.76. The molecule has 0 aliphatic carbocycles. The van der Waals surface area contributed by atoms with E-state index in [1.165, 1.54) is 24.3 Å². The highest BCUT2D eigenvalue weighted by Gasteiger charge is 2.25. The minimum Gasteiger partial charge on any atom is -0.376 e. The SMILES string of the molecule is CS(=O)(=O)Nc1cccc(S(=O)(=O)NCC(=O)N2CCCC(COCc3ccccc3)C2)c1. The van der Waals surface area contributed by atoms with E-state index in [2.05, 4.69) is 9.44 Å². The van der Waals surface area contributed by atoms with Crippen molar-refractivity contribution in [2.45, 2.75) is 24.3 Å². The molecule has 1 heterocycles. The van der Waals surface area contributed by atoms with Gasteiger partial charge in [0.25, 0.3) is 0 Å². The van der Waals surface area contributed by atoms with Crippen molar-refractivity contribution >= 4 is 31.6 Å². The molecule has 11 heteroatoms. The smallest absolute Gasteiger partial charge is 0.241 e. The highest BCUT2D eigenvalue weighted by atomic mass is 32.2. The van der Waals surface area contributed by atoms with Crippen LogP contribution >= 0.6 is 0 Å². The maximum atomic E-state index is 12.6. The van der Waals surface area contributed by atoms with Crippen molar-refractivity contribution in [1.29, 1.82) is 0 Å². The van der Waals surface area contributed by atoms with E-state index in [-0.39, 0.29) is 29.0 Å². The number of anilines is 1. The predicted octanol–water partition coefficient (Wildman–Crippen LogP) is 1.79. The van der Waals surface area contributed by atoms with E-state index in [0.29, 0.717) is 26.3 Å². The number of rotatable bonds is 10. The number of nitrogens with one attached hydrogen (secondary N) is 2. The predicted molar refractivity (Wildman–Crippen MR) is 125 cm³/mol. The molecule has 33 heavy (non-hydrogen) atoms. The van der Waals surface area contributed by atoms with E-state index >= 15 is 0 Å². The van der Waals surface area contributed by atoms with E-state index in [0.717, 1.165) is 24.7 Å². The molecule has 2 aromatic carbocycles. The van der Waals surface area contributed by atoms with Gasteiger partial charge < -0.3 is 9.64 Å². The zero-order chi connectivity index (χ0) is 23.9. The Labute approximate surface area is 195 Å². The van der Waals surface area contributed by atoms with Gasteiger partial charge >= 0.3 is 0 Å². The van der Waals surface area contributed by atoms with Crippen LogP contribution in [-0.2, 0) is 36.2 Å². The van der Waals surface area contributed by atoms with Crippen molar-refractivity contribution < 1.29 is 26.4 Å². The molecule has 1 fully saturated rings. The van der Waals surface area contributed by atoms with Crippen molar-refractivity contribution in [1.82, 2.24) is 9.62 Å². The number of nitrogens with zero attached hydrogens (tertiary/aromatic N) is 1. The monoisotopic (exact) mass is 495 g/mol. The zero-order valence-corrected chi connectivity index (χ0v) is 20.1. The molecule has 1 unspecified atom stereocenters. The van der Waals surface area contributed by atoms with Crippen molar-refractivity contribution in [2.24, 2.45) is 5.92 Å². The van der Waals surface area contributed by atoms with Crippen molar-refractivity contribution in [3.05, 3.63) is 60.2 Å².